The van der Waals surface area contributed by atoms with E-state index in [2.05, 4.69) is 15.9 Å². The maximum atomic E-state index is 12.8. The van der Waals surface area contributed by atoms with Crippen molar-refractivity contribution in [2.45, 2.75) is 31.7 Å². The molecule has 0 N–H and O–H groups in total. The van der Waals surface area contributed by atoms with Gasteiger partial charge in [-0.15, -0.1) is 0 Å². The lowest BCUT2D eigenvalue weighted by Crippen LogP contribution is -2.52. The average molecular weight is 326 g/mol. The van der Waals surface area contributed by atoms with Gasteiger partial charge >= 0.3 is 0 Å². The van der Waals surface area contributed by atoms with Crippen LogP contribution in [0.2, 0.25) is 0 Å². The van der Waals surface area contributed by atoms with Crippen molar-refractivity contribution in [1.29, 1.82) is 5.26 Å². The number of nitrogens with zero attached hydrogens (tertiary/aromatic N) is 4. The van der Waals surface area contributed by atoms with Gasteiger partial charge in [0.25, 0.3) is 0 Å². The van der Waals surface area contributed by atoms with E-state index in [9.17, 15) is 4.79 Å². The lowest BCUT2D eigenvalue weighted by Gasteiger charge is -2.37. The summed E-state index contributed by atoms with van der Waals surface area (Å²) in [5, 5.41) is 8.58. The predicted molar refractivity (Wildman–Crippen MR) is 94.7 cm³/mol. The van der Waals surface area contributed by atoms with Gasteiger partial charge in [-0.25, -0.2) is 0 Å². The zero-order valence-electron chi connectivity index (χ0n) is 14.2. The normalized spacial score (nSPS) is 22.7. The Hall–Kier alpha value is -1.90. The van der Waals surface area contributed by atoms with Crippen LogP contribution in [0.25, 0.3) is 0 Å². The molecule has 2 saturated heterocycles. The van der Waals surface area contributed by atoms with Gasteiger partial charge in [0, 0.05) is 44.8 Å². The van der Waals surface area contributed by atoms with Crippen LogP contribution < -0.4 is 4.90 Å². The van der Waals surface area contributed by atoms with Crippen LogP contribution in [-0.2, 0) is 4.79 Å². The minimum absolute atomic E-state index is 0.0472. The fourth-order valence-corrected chi connectivity index (χ4v) is 3.71. The summed E-state index contributed by atoms with van der Waals surface area (Å²) in [7, 11) is 0. The van der Waals surface area contributed by atoms with E-state index < -0.39 is 0 Å². The molecule has 0 radical (unpaired) electrons. The Morgan fingerprint density at radius 1 is 1.04 bits per heavy atom. The molecule has 0 spiro atoms. The van der Waals surface area contributed by atoms with Gasteiger partial charge in [0.15, 0.2) is 0 Å². The van der Waals surface area contributed by atoms with Gasteiger partial charge in [0.05, 0.1) is 12.1 Å². The van der Waals surface area contributed by atoms with Crippen molar-refractivity contribution < 1.29 is 4.79 Å². The highest BCUT2D eigenvalue weighted by molar-refractivity contribution is 5.99. The smallest absolute Gasteiger partial charge is 0.244 e. The SMILES string of the molecule is N#CCCCCN1CCN(C2CCN(c3ccccc3)C2=O)CC1. The third kappa shape index (κ3) is 3.95. The first kappa shape index (κ1) is 16.9. The van der Waals surface area contributed by atoms with Gasteiger partial charge in [0.1, 0.15) is 0 Å². The molecule has 0 bridgehead atoms. The summed E-state index contributed by atoms with van der Waals surface area (Å²) in [6, 6.07) is 12.2. The molecule has 2 fully saturated rings. The van der Waals surface area contributed by atoms with Crippen molar-refractivity contribution in [2.24, 2.45) is 0 Å². The van der Waals surface area contributed by atoms with Crippen LogP contribution in [0.4, 0.5) is 5.69 Å². The molecular weight excluding hydrogens is 300 g/mol. The lowest BCUT2D eigenvalue weighted by atomic mass is 10.1. The number of unbranched alkanes of at least 4 members (excludes halogenated alkanes) is 2. The number of carbonyl (C=O) groups excluding carboxylic acids is 1. The number of hydrogen-bond acceptors (Lipinski definition) is 4. The minimum Gasteiger partial charge on any atom is -0.311 e. The summed E-state index contributed by atoms with van der Waals surface area (Å²) in [5.41, 5.74) is 1.01. The quantitative estimate of drug-likeness (QED) is 0.751. The maximum absolute atomic E-state index is 12.8. The summed E-state index contributed by atoms with van der Waals surface area (Å²) >= 11 is 0. The van der Waals surface area contributed by atoms with Crippen molar-refractivity contribution in [3.05, 3.63) is 30.3 Å². The van der Waals surface area contributed by atoms with Crippen LogP contribution in [0.5, 0.6) is 0 Å². The van der Waals surface area contributed by atoms with Crippen LogP contribution in [0.3, 0.4) is 0 Å². The first-order chi connectivity index (χ1) is 11.8. The number of hydrogen-bond donors (Lipinski definition) is 0. The molecule has 1 aromatic rings. The van der Waals surface area contributed by atoms with E-state index in [4.69, 9.17) is 5.26 Å². The number of amides is 1. The van der Waals surface area contributed by atoms with E-state index in [-0.39, 0.29) is 11.9 Å². The standard InChI is InChI=1S/C19H26N4O/c20-10-5-2-6-11-21-13-15-22(16-14-21)18-9-12-23(19(18)24)17-7-3-1-4-8-17/h1,3-4,7-8,18H,2,5-6,9,11-16H2. The number of nitriles is 1. The second-order valence-electron chi connectivity index (χ2n) is 6.62. The van der Waals surface area contributed by atoms with Crippen molar-refractivity contribution in [3.8, 4) is 6.07 Å². The van der Waals surface area contributed by atoms with E-state index in [1.165, 1.54) is 0 Å². The van der Waals surface area contributed by atoms with Crippen LogP contribution >= 0.6 is 0 Å². The molecule has 1 aromatic carbocycles. The lowest BCUT2D eigenvalue weighted by molar-refractivity contribution is -0.122. The Morgan fingerprint density at radius 3 is 2.50 bits per heavy atom. The Morgan fingerprint density at radius 2 is 1.79 bits per heavy atom. The number of anilines is 1. The van der Waals surface area contributed by atoms with Gasteiger partial charge in [-0.05, 0) is 37.9 Å². The van der Waals surface area contributed by atoms with Crippen molar-refractivity contribution in [1.82, 2.24) is 9.80 Å². The van der Waals surface area contributed by atoms with E-state index >= 15 is 0 Å². The Balaban J connectivity index is 1.47. The monoisotopic (exact) mass is 326 g/mol. The molecule has 128 valence electrons. The molecule has 3 rings (SSSR count). The number of benzene rings is 1. The third-order valence-corrected chi connectivity index (χ3v) is 5.11. The van der Waals surface area contributed by atoms with Crippen molar-refractivity contribution >= 4 is 11.6 Å². The van der Waals surface area contributed by atoms with Crippen LogP contribution in [-0.4, -0.2) is 61.0 Å². The van der Waals surface area contributed by atoms with Gasteiger partial charge in [-0.2, -0.15) is 5.26 Å². The molecule has 1 atom stereocenters. The second-order valence-corrected chi connectivity index (χ2v) is 6.62. The first-order valence-corrected chi connectivity index (χ1v) is 8.99. The molecule has 0 saturated carbocycles. The molecule has 5 nitrogen and oxygen atoms in total. The summed E-state index contributed by atoms with van der Waals surface area (Å²) in [6.45, 7) is 5.89. The third-order valence-electron chi connectivity index (χ3n) is 5.11. The van der Waals surface area contributed by atoms with Crippen molar-refractivity contribution in [2.75, 3.05) is 44.2 Å². The molecule has 0 aromatic heterocycles. The zero-order chi connectivity index (χ0) is 16.8. The van der Waals surface area contributed by atoms with Crippen LogP contribution in [0.1, 0.15) is 25.7 Å². The number of rotatable bonds is 6. The summed E-state index contributed by atoms with van der Waals surface area (Å²) in [5.74, 6) is 0.253. The largest absolute Gasteiger partial charge is 0.311 e. The number of para-hydroxylation sites is 1. The van der Waals surface area contributed by atoms with Gasteiger partial charge in [-0.1, -0.05) is 18.2 Å². The minimum atomic E-state index is 0.0472. The fourth-order valence-electron chi connectivity index (χ4n) is 3.71. The average Bonchev–Trinajstić information content (AvgIpc) is 3.01. The molecule has 2 aliphatic heterocycles. The topological polar surface area (TPSA) is 50.6 Å². The zero-order valence-corrected chi connectivity index (χ0v) is 14.2. The Bertz CT molecular complexity index is 575. The molecular formula is C19H26N4O. The highest BCUT2D eigenvalue weighted by Crippen LogP contribution is 2.24. The van der Waals surface area contributed by atoms with Crippen molar-refractivity contribution in [3.63, 3.8) is 0 Å². The van der Waals surface area contributed by atoms with Crippen LogP contribution in [0, 0.1) is 11.3 Å². The van der Waals surface area contributed by atoms with E-state index in [0.717, 1.165) is 64.2 Å². The molecule has 1 amide bonds. The van der Waals surface area contributed by atoms with E-state index in [1.807, 2.05) is 35.2 Å². The summed E-state index contributed by atoms with van der Waals surface area (Å²) in [4.78, 5) is 19.5. The summed E-state index contributed by atoms with van der Waals surface area (Å²) in [6.07, 6.45) is 3.67. The molecule has 2 heterocycles. The van der Waals surface area contributed by atoms with Crippen LogP contribution in [0.15, 0.2) is 30.3 Å². The predicted octanol–water partition coefficient (Wildman–Crippen LogP) is 2.10. The molecule has 1 unspecified atom stereocenters. The number of carbonyl (C=O) groups is 1. The second kappa shape index (κ2) is 8.27. The Kier molecular flexibility index (Phi) is 5.84. The van der Waals surface area contributed by atoms with E-state index in [1.54, 1.807) is 0 Å². The highest BCUT2D eigenvalue weighted by atomic mass is 16.2. The van der Waals surface area contributed by atoms with Gasteiger partial charge in [-0.3, -0.25) is 9.69 Å². The molecule has 5 heteroatoms. The van der Waals surface area contributed by atoms with E-state index in [0.29, 0.717) is 6.42 Å². The first-order valence-electron chi connectivity index (χ1n) is 8.99. The fraction of sp³-hybridized carbons (Fsp3) is 0.579. The highest BCUT2D eigenvalue weighted by Gasteiger charge is 2.37. The van der Waals surface area contributed by atoms with Gasteiger partial charge < -0.3 is 9.80 Å². The van der Waals surface area contributed by atoms with Gasteiger partial charge in [0.2, 0.25) is 5.91 Å². The number of piperazine rings is 1. The maximum Gasteiger partial charge on any atom is 0.244 e. The Labute approximate surface area is 144 Å². The molecule has 2 aliphatic rings. The summed E-state index contributed by atoms with van der Waals surface area (Å²) < 4.78 is 0. The molecule has 0 aliphatic carbocycles. The molecule has 24 heavy (non-hydrogen) atoms.